The lowest BCUT2D eigenvalue weighted by Crippen LogP contribution is -2.38. The number of hydrogen-bond donors (Lipinski definition) is 2. The molecule has 0 bridgehead atoms. The fraction of sp³-hybridized carbons (Fsp3) is 0.154. The summed E-state index contributed by atoms with van der Waals surface area (Å²) in [5.41, 5.74) is 1.84. The summed E-state index contributed by atoms with van der Waals surface area (Å²) in [4.78, 5) is 4.21. The first kappa shape index (κ1) is 10.4. The molecule has 17 heavy (non-hydrogen) atoms. The van der Waals surface area contributed by atoms with Crippen LogP contribution in [0.25, 0.3) is 10.8 Å². The second kappa shape index (κ2) is 3.89. The van der Waals surface area contributed by atoms with Gasteiger partial charge in [-0.2, -0.15) is 0 Å². The molecule has 0 unspecified atom stereocenters. The van der Waals surface area contributed by atoms with E-state index in [0.29, 0.717) is 0 Å². The van der Waals surface area contributed by atoms with Crippen LogP contribution in [-0.4, -0.2) is 17.9 Å². The number of rotatable bonds is 1. The molecule has 1 aliphatic heterocycles. The highest BCUT2D eigenvalue weighted by molar-refractivity contribution is 6.69. The number of nitrogens with zero attached hydrogens (tertiary/aromatic N) is 1. The van der Waals surface area contributed by atoms with Gasteiger partial charge in [-0.25, -0.2) is 0 Å². The summed E-state index contributed by atoms with van der Waals surface area (Å²) in [7, 11) is -0.745. The number of fused-ring (bicyclic) bond motifs is 3. The summed E-state index contributed by atoms with van der Waals surface area (Å²) in [5, 5.41) is 15.6. The van der Waals surface area contributed by atoms with E-state index in [1.807, 2.05) is 31.2 Å². The van der Waals surface area contributed by atoms with Crippen LogP contribution >= 0.6 is 0 Å². The van der Waals surface area contributed by atoms with Gasteiger partial charge in [-0.3, -0.25) is 4.90 Å². The molecule has 0 aliphatic carbocycles. The van der Waals surface area contributed by atoms with E-state index in [2.05, 4.69) is 22.4 Å². The second-order valence-electron chi connectivity index (χ2n) is 4.18. The van der Waals surface area contributed by atoms with Gasteiger partial charge in [-0.1, -0.05) is 43.3 Å². The molecule has 2 aromatic carbocycles. The molecule has 0 saturated carbocycles. The van der Waals surface area contributed by atoms with Gasteiger partial charge in [-0.05, 0) is 5.39 Å². The smallest absolute Gasteiger partial charge is 0.427 e. The number of anilines is 1. The first-order valence-electron chi connectivity index (χ1n) is 5.83. The van der Waals surface area contributed by atoms with E-state index in [9.17, 15) is 5.02 Å². The van der Waals surface area contributed by atoms with E-state index in [4.69, 9.17) is 0 Å². The number of hydrogen-bond acceptors (Lipinski definition) is 3. The Morgan fingerprint density at radius 3 is 2.88 bits per heavy atom. The van der Waals surface area contributed by atoms with Gasteiger partial charge in [0, 0.05) is 23.0 Å². The summed E-state index contributed by atoms with van der Waals surface area (Å²) in [6.45, 7) is 2.02. The Kier molecular flexibility index (Phi) is 2.37. The summed E-state index contributed by atoms with van der Waals surface area (Å²) in [6, 6.07) is 12.1. The molecule has 3 nitrogen and oxygen atoms in total. The minimum absolute atomic E-state index is 0.745. The van der Waals surface area contributed by atoms with Crippen LogP contribution in [0, 0.1) is 0 Å². The first-order chi connectivity index (χ1) is 8.29. The molecule has 0 spiro atoms. The van der Waals surface area contributed by atoms with Crippen LogP contribution in [0.15, 0.2) is 41.3 Å². The van der Waals surface area contributed by atoms with Crippen LogP contribution < -0.4 is 10.8 Å². The summed E-state index contributed by atoms with van der Waals surface area (Å²) in [5.74, 6) is 0.835. The average molecular weight is 224 g/mol. The van der Waals surface area contributed by atoms with Crippen LogP contribution in [0.2, 0.25) is 0 Å². The SMILES string of the molecule is CCC1=NB(O)c2ccc3ccccc3c2N1. The van der Waals surface area contributed by atoms with Gasteiger partial charge in [0.15, 0.2) is 0 Å². The molecular formula is C13H13BN2O. The molecule has 4 heteroatoms. The average Bonchev–Trinajstić information content (AvgIpc) is 2.38. The predicted molar refractivity (Wildman–Crippen MR) is 72.9 cm³/mol. The van der Waals surface area contributed by atoms with Gasteiger partial charge in [0.05, 0.1) is 5.84 Å². The van der Waals surface area contributed by atoms with Crippen molar-refractivity contribution in [3.8, 4) is 0 Å². The normalized spacial score (nSPS) is 14.2. The van der Waals surface area contributed by atoms with Crippen molar-refractivity contribution in [2.45, 2.75) is 13.3 Å². The Bertz CT molecular complexity index is 609. The molecule has 0 aromatic heterocycles. The molecule has 0 atom stereocenters. The fourth-order valence-corrected chi connectivity index (χ4v) is 2.22. The summed E-state index contributed by atoms with van der Waals surface area (Å²) in [6.07, 6.45) is 0.791. The third kappa shape index (κ3) is 1.61. The van der Waals surface area contributed by atoms with Crippen molar-refractivity contribution < 1.29 is 5.02 Å². The quantitative estimate of drug-likeness (QED) is 0.725. The molecule has 0 radical (unpaired) electrons. The number of benzene rings is 2. The van der Waals surface area contributed by atoms with Gasteiger partial charge in [0.25, 0.3) is 0 Å². The van der Waals surface area contributed by atoms with Crippen LogP contribution in [0.4, 0.5) is 5.69 Å². The molecule has 0 amide bonds. The largest absolute Gasteiger partial charge is 0.471 e. The lowest BCUT2D eigenvalue weighted by Gasteiger charge is -2.21. The minimum Gasteiger partial charge on any atom is -0.427 e. The zero-order valence-corrected chi connectivity index (χ0v) is 9.64. The highest BCUT2D eigenvalue weighted by atomic mass is 16.2. The van der Waals surface area contributed by atoms with Crippen LogP contribution in [0.1, 0.15) is 13.3 Å². The fourth-order valence-electron chi connectivity index (χ4n) is 2.22. The van der Waals surface area contributed by atoms with Crippen LogP contribution in [0.3, 0.4) is 0 Å². The van der Waals surface area contributed by atoms with Crippen LogP contribution in [-0.2, 0) is 0 Å². The van der Waals surface area contributed by atoms with Crippen molar-refractivity contribution >= 4 is 34.8 Å². The van der Waals surface area contributed by atoms with Crippen molar-refractivity contribution in [2.24, 2.45) is 4.90 Å². The van der Waals surface area contributed by atoms with E-state index in [-0.39, 0.29) is 0 Å². The van der Waals surface area contributed by atoms with Crippen molar-refractivity contribution in [1.29, 1.82) is 0 Å². The van der Waals surface area contributed by atoms with E-state index < -0.39 is 7.05 Å². The Labute approximate surface area is 100 Å². The molecule has 3 rings (SSSR count). The van der Waals surface area contributed by atoms with Gasteiger partial charge in [-0.15, -0.1) is 0 Å². The molecule has 2 aromatic rings. The Morgan fingerprint density at radius 1 is 1.24 bits per heavy atom. The van der Waals surface area contributed by atoms with Gasteiger partial charge < -0.3 is 10.3 Å². The molecule has 0 fully saturated rings. The Balaban J connectivity index is 2.25. The number of amidine groups is 1. The van der Waals surface area contributed by atoms with Crippen molar-refractivity contribution in [3.05, 3.63) is 36.4 Å². The summed E-state index contributed by atoms with van der Waals surface area (Å²) >= 11 is 0. The number of nitrogens with one attached hydrogen (secondary N) is 1. The molecule has 0 saturated heterocycles. The van der Waals surface area contributed by atoms with Crippen LogP contribution in [0.5, 0.6) is 0 Å². The maximum Gasteiger partial charge on any atom is 0.471 e. The second-order valence-corrected chi connectivity index (χ2v) is 4.18. The van der Waals surface area contributed by atoms with Gasteiger partial charge in [0.1, 0.15) is 0 Å². The lowest BCUT2D eigenvalue weighted by atomic mass is 9.72. The van der Waals surface area contributed by atoms with Crippen molar-refractivity contribution in [2.75, 3.05) is 5.32 Å². The lowest BCUT2D eigenvalue weighted by molar-refractivity contribution is 0.587. The standard InChI is InChI=1S/C13H13BN2O/c1-2-12-15-13-10-6-4-3-5-9(10)7-8-11(13)14(17)16-12/h3-8,17H,2H2,1H3,(H,15,16). The van der Waals surface area contributed by atoms with E-state index in [1.165, 1.54) is 5.39 Å². The zero-order chi connectivity index (χ0) is 11.8. The van der Waals surface area contributed by atoms with E-state index in [1.54, 1.807) is 0 Å². The molecular weight excluding hydrogens is 211 g/mol. The Morgan fingerprint density at radius 2 is 2.06 bits per heavy atom. The topological polar surface area (TPSA) is 44.6 Å². The highest BCUT2D eigenvalue weighted by Crippen LogP contribution is 2.24. The zero-order valence-electron chi connectivity index (χ0n) is 9.64. The third-order valence-corrected chi connectivity index (χ3v) is 3.12. The van der Waals surface area contributed by atoms with Crippen molar-refractivity contribution in [3.63, 3.8) is 0 Å². The predicted octanol–water partition coefficient (Wildman–Crippen LogP) is 1.76. The van der Waals surface area contributed by atoms with E-state index in [0.717, 1.165) is 28.8 Å². The van der Waals surface area contributed by atoms with E-state index >= 15 is 0 Å². The van der Waals surface area contributed by atoms with Crippen molar-refractivity contribution in [1.82, 2.24) is 0 Å². The van der Waals surface area contributed by atoms with Gasteiger partial charge >= 0.3 is 7.05 Å². The Hall–Kier alpha value is -1.81. The maximum absolute atomic E-state index is 9.99. The summed E-state index contributed by atoms with van der Waals surface area (Å²) < 4.78 is 0. The minimum atomic E-state index is -0.745. The molecule has 84 valence electrons. The molecule has 1 aliphatic rings. The molecule has 2 N–H and O–H groups in total. The first-order valence-corrected chi connectivity index (χ1v) is 5.83. The third-order valence-electron chi connectivity index (χ3n) is 3.12. The highest BCUT2D eigenvalue weighted by Gasteiger charge is 2.24. The molecule has 1 heterocycles. The maximum atomic E-state index is 9.99. The monoisotopic (exact) mass is 224 g/mol. The van der Waals surface area contributed by atoms with Gasteiger partial charge in [0.2, 0.25) is 0 Å².